The number of amides is 1. The lowest BCUT2D eigenvalue weighted by Crippen LogP contribution is -2.20. The van der Waals surface area contributed by atoms with Crippen molar-refractivity contribution in [3.63, 3.8) is 0 Å². The zero-order valence-corrected chi connectivity index (χ0v) is 18.2. The van der Waals surface area contributed by atoms with Crippen LogP contribution in [0.3, 0.4) is 0 Å². The normalized spacial score (nSPS) is 18.0. The number of carbonyl (C=O) groups is 1. The molecule has 0 spiro atoms. The van der Waals surface area contributed by atoms with E-state index in [1.165, 1.54) is 23.1 Å². The van der Waals surface area contributed by atoms with E-state index in [9.17, 15) is 13.2 Å². The number of carbonyl (C=O) groups excluding carboxylic acids is 1. The zero-order chi connectivity index (χ0) is 20.4. The first-order valence-electron chi connectivity index (χ1n) is 9.10. The summed E-state index contributed by atoms with van der Waals surface area (Å²) in [7, 11) is -3.03. The lowest BCUT2D eigenvalue weighted by atomic mass is 10.2. The number of thioether (sulfide) groups is 1. The molecule has 10 heteroatoms. The number of hydrogen-bond acceptors (Lipinski definition) is 7. The summed E-state index contributed by atoms with van der Waals surface area (Å²) in [6.07, 6.45) is 0.516. The van der Waals surface area contributed by atoms with E-state index in [1.807, 2.05) is 42.6 Å². The molecule has 1 aromatic carbocycles. The van der Waals surface area contributed by atoms with Crippen LogP contribution in [0.2, 0.25) is 0 Å². The van der Waals surface area contributed by atoms with E-state index < -0.39 is 9.84 Å². The van der Waals surface area contributed by atoms with Crippen molar-refractivity contribution in [2.75, 3.05) is 22.6 Å². The summed E-state index contributed by atoms with van der Waals surface area (Å²) in [5, 5.41) is 9.23. The molecule has 1 aliphatic heterocycles. The third-order valence-electron chi connectivity index (χ3n) is 4.56. The minimum absolute atomic E-state index is 0.0626. The average Bonchev–Trinajstić information content (AvgIpc) is 3.39. The Labute approximate surface area is 177 Å². The van der Waals surface area contributed by atoms with Crippen LogP contribution in [-0.2, 0) is 14.6 Å². The first-order valence-corrected chi connectivity index (χ1v) is 12.8. The smallest absolute Gasteiger partial charge is 0.235 e. The summed E-state index contributed by atoms with van der Waals surface area (Å²) < 4.78 is 26.0. The zero-order valence-electron chi connectivity index (χ0n) is 15.7. The van der Waals surface area contributed by atoms with Gasteiger partial charge in [0.05, 0.1) is 34.7 Å². The summed E-state index contributed by atoms with van der Waals surface area (Å²) in [6.45, 7) is 1.82. The van der Waals surface area contributed by atoms with Gasteiger partial charge in [0.2, 0.25) is 5.91 Å². The lowest BCUT2D eigenvalue weighted by molar-refractivity contribution is -0.113. The van der Waals surface area contributed by atoms with Crippen LogP contribution in [0.1, 0.15) is 18.2 Å². The first kappa shape index (κ1) is 20.1. The Bertz CT molecular complexity index is 1120. The second-order valence-corrected chi connectivity index (χ2v) is 11.2. The van der Waals surface area contributed by atoms with Crippen LogP contribution in [0.15, 0.2) is 46.1 Å². The van der Waals surface area contributed by atoms with Crippen molar-refractivity contribution in [1.82, 2.24) is 14.8 Å². The van der Waals surface area contributed by atoms with E-state index in [-0.39, 0.29) is 29.2 Å². The summed E-state index contributed by atoms with van der Waals surface area (Å²) in [6, 6.07) is 11.4. The molecule has 4 rings (SSSR count). The second kappa shape index (κ2) is 8.29. The van der Waals surface area contributed by atoms with E-state index in [4.69, 9.17) is 0 Å². The summed E-state index contributed by atoms with van der Waals surface area (Å²) >= 11 is 2.89. The standard InChI is InChI=1S/C19H20N4O3S3/c1-13-9-17(23(22-13)15-7-8-29(25,26)12-15)21-18(24)11-28-19-20-16(10-27-19)14-5-3-2-4-6-14/h2-6,9-10,15H,7-8,11-12H2,1H3,(H,21,24). The van der Waals surface area contributed by atoms with Crippen LogP contribution in [0.25, 0.3) is 11.3 Å². The predicted molar refractivity (Wildman–Crippen MR) is 116 cm³/mol. The number of anilines is 1. The molecule has 152 valence electrons. The Morgan fingerprint density at radius 2 is 2.14 bits per heavy atom. The number of nitrogens with one attached hydrogen (secondary N) is 1. The van der Waals surface area contributed by atoms with Gasteiger partial charge in [0.1, 0.15) is 5.82 Å². The maximum atomic E-state index is 12.5. The number of aromatic nitrogens is 3. The highest BCUT2D eigenvalue weighted by Crippen LogP contribution is 2.29. The van der Waals surface area contributed by atoms with Crippen LogP contribution in [0.4, 0.5) is 5.82 Å². The van der Waals surface area contributed by atoms with Gasteiger partial charge >= 0.3 is 0 Å². The number of thiazole rings is 1. The monoisotopic (exact) mass is 448 g/mol. The molecular weight excluding hydrogens is 428 g/mol. The van der Waals surface area contributed by atoms with Crippen molar-refractivity contribution in [3.05, 3.63) is 47.5 Å². The SMILES string of the molecule is Cc1cc(NC(=O)CSc2nc(-c3ccccc3)cs2)n(C2CCS(=O)(=O)C2)n1. The summed E-state index contributed by atoms with van der Waals surface area (Å²) in [5.74, 6) is 0.808. The number of aryl methyl sites for hydroxylation is 1. The van der Waals surface area contributed by atoms with Crippen molar-refractivity contribution < 1.29 is 13.2 Å². The molecule has 7 nitrogen and oxygen atoms in total. The van der Waals surface area contributed by atoms with Gasteiger partial charge in [0.25, 0.3) is 0 Å². The third-order valence-corrected chi connectivity index (χ3v) is 8.33. The molecule has 0 aliphatic carbocycles. The second-order valence-electron chi connectivity index (χ2n) is 6.87. The van der Waals surface area contributed by atoms with Crippen LogP contribution in [0, 0.1) is 6.92 Å². The highest BCUT2D eigenvalue weighted by Gasteiger charge is 2.31. The molecule has 3 heterocycles. The number of nitrogens with zero attached hydrogens (tertiary/aromatic N) is 3. The van der Waals surface area contributed by atoms with Gasteiger partial charge in [0.15, 0.2) is 14.2 Å². The quantitative estimate of drug-likeness (QED) is 0.581. The van der Waals surface area contributed by atoms with Gasteiger partial charge in [-0.15, -0.1) is 11.3 Å². The molecule has 1 fully saturated rings. The van der Waals surface area contributed by atoms with Gasteiger partial charge in [-0.2, -0.15) is 5.10 Å². The van der Waals surface area contributed by atoms with Crippen molar-refractivity contribution in [1.29, 1.82) is 0 Å². The minimum atomic E-state index is -3.03. The Hall–Kier alpha value is -2.17. The maximum absolute atomic E-state index is 12.5. The summed E-state index contributed by atoms with van der Waals surface area (Å²) in [4.78, 5) is 17.0. The lowest BCUT2D eigenvalue weighted by Gasteiger charge is -2.13. The van der Waals surface area contributed by atoms with Gasteiger partial charge in [-0.3, -0.25) is 4.79 Å². The molecule has 1 saturated heterocycles. The van der Waals surface area contributed by atoms with E-state index >= 15 is 0 Å². The topological polar surface area (TPSA) is 94.0 Å². The van der Waals surface area contributed by atoms with Gasteiger partial charge in [-0.1, -0.05) is 42.1 Å². The highest BCUT2D eigenvalue weighted by atomic mass is 32.2. The Morgan fingerprint density at radius 1 is 1.34 bits per heavy atom. The van der Waals surface area contributed by atoms with Gasteiger partial charge in [0, 0.05) is 17.0 Å². The fourth-order valence-electron chi connectivity index (χ4n) is 3.23. The Kier molecular flexibility index (Phi) is 5.75. The predicted octanol–water partition coefficient (Wildman–Crippen LogP) is 3.41. The molecule has 0 bridgehead atoms. The van der Waals surface area contributed by atoms with E-state index in [0.717, 1.165) is 21.3 Å². The van der Waals surface area contributed by atoms with E-state index in [2.05, 4.69) is 15.4 Å². The molecule has 29 heavy (non-hydrogen) atoms. The van der Waals surface area contributed by atoms with Crippen molar-refractivity contribution in [2.45, 2.75) is 23.7 Å². The number of rotatable bonds is 6. The summed E-state index contributed by atoms with van der Waals surface area (Å²) in [5.41, 5.74) is 2.69. The fraction of sp³-hybridized carbons (Fsp3) is 0.316. The van der Waals surface area contributed by atoms with Crippen LogP contribution in [0.5, 0.6) is 0 Å². The third kappa shape index (κ3) is 4.88. The van der Waals surface area contributed by atoms with Crippen molar-refractivity contribution in [2.24, 2.45) is 0 Å². The number of sulfone groups is 1. The molecule has 3 aromatic rings. The maximum Gasteiger partial charge on any atom is 0.235 e. The molecule has 2 aromatic heterocycles. The van der Waals surface area contributed by atoms with Crippen LogP contribution in [-0.4, -0.2) is 46.3 Å². The van der Waals surface area contributed by atoms with Gasteiger partial charge < -0.3 is 5.32 Å². The van der Waals surface area contributed by atoms with Crippen molar-refractivity contribution in [3.8, 4) is 11.3 Å². The van der Waals surface area contributed by atoms with E-state index in [0.29, 0.717) is 12.2 Å². The molecule has 0 saturated carbocycles. The molecular formula is C19H20N4O3S3. The fourth-order valence-corrected chi connectivity index (χ4v) is 6.56. The molecule has 1 N–H and O–H groups in total. The van der Waals surface area contributed by atoms with Gasteiger partial charge in [-0.05, 0) is 13.3 Å². The molecule has 1 amide bonds. The number of benzene rings is 1. The average molecular weight is 449 g/mol. The Morgan fingerprint density at radius 3 is 2.86 bits per heavy atom. The highest BCUT2D eigenvalue weighted by molar-refractivity contribution is 8.01. The van der Waals surface area contributed by atoms with Crippen LogP contribution >= 0.6 is 23.1 Å². The van der Waals surface area contributed by atoms with Gasteiger partial charge in [-0.25, -0.2) is 18.1 Å². The first-order chi connectivity index (χ1) is 13.9. The van der Waals surface area contributed by atoms with E-state index in [1.54, 1.807) is 10.7 Å². The minimum Gasteiger partial charge on any atom is -0.310 e. The molecule has 1 aliphatic rings. The Balaban J connectivity index is 1.38. The molecule has 1 atom stereocenters. The largest absolute Gasteiger partial charge is 0.310 e. The molecule has 1 unspecified atom stereocenters. The van der Waals surface area contributed by atoms with Crippen LogP contribution < -0.4 is 5.32 Å². The van der Waals surface area contributed by atoms with Crippen molar-refractivity contribution >= 4 is 44.7 Å². The molecule has 0 radical (unpaired) electrons. The number of hydrogen-bond donors (Lipinski definition) is 1.